The lowest BCUT2D eigenvalue weighted by atomic mass is 10.2. The molecule has 2 aliphatic heterocycles. The van der Waals surface area contributed by atoms with Crippen LogP contribution in [0.4, 0.5) is 0 Å². The monoisotopic (exact) mass is 368 g/mol. The second-order valence-corrected chi connectivity index (χ2v) is 6.16. The number of carbonyl (C=O) groups excluding carboxylic acids is 2. The lowest BCUT2D eigenvalue weighted by Gasteiger charge is -2.21. The molecule has 3 rings (SSSR count). The van der Waals surface area contributed by atoms with E-state index in [9.17, 15) is 9.59 Å². The van der Waals surface area contributed by atoms with Crippen LogP contribution in [0.3, 0.4) is 0 Å². The molecule has 26 heavy (non-hydrogen) atoms. The van der Waals surface area contributed by atoms with Crippen molar-refractivity contribution in [3.05, 3.63) is 59.4 Å². The number of benzene rings is 1. The number of ether oxygens (including phenoxy) is 1. The molecule has 8 heteroatoms. The van der Waals surface area contributed by atoms with Gasteiger partial charge in [-0.25, -0.2) is 14.8 Å². The van der Waals surface area contributed by atoms with Gasteiger partial charge in [0.1, 0.15) is 0 Å². The van der Waals surface area contributed by atoms with E-state index in [4.69, 9.17) is 4.74 Å². The van der Waals surface area contributed by atoms with Gasteiger partial charge in [0.15, 0.2) is 10.9 Å². The molecule has 0 bridgehead atoms. The summed E-state index contributed by atoms with van der Waals surface area (Å²) in [5.74, 6) is -0.470. The first-order chi connectivity index (χ1) is 12.5. The molecule has 0 saturated heterocycles. The minimum atomic E-state index is -0.523. The van der Waals surface area contributed by atoms with Crippen LogP contribution in [0.15, 0.2) is 69.0 Å². The number of thioether (sulfide) groups is 1. The fourth-order valence-corrected chi connectivity index (χ4v) is 2.79. The number of cyclic esters (lactones) is 1. The zero-order chi connectivity index (χ0) is 18.7. The summed E-state index contributed by atoms with van der Waals surface area (Å²) in [6.45, 7) is 3.17. The average Bonchev–Trinajstić information content (AvgIpc) is 3.02. The fraction of sp³-hybridized carbons (Fsp3) is 0.167. The van der Waals surface area contributed by atoms with Crippen LogP contribution in [0.2, 0.25) is 0 Å². The Balaban J connectivity index is 1.89. The number of hydrogen-bond acceptors (Lipinski definition) is 7. The van der Waals surface area contributed by atoms with Crippen molar-refractivity contribution in [2.75, 3.05) is 6.26 Å². The van der Waals surface area contributed by atoms with E-state index in [1.54, 1.807) is 13.0 Å². The van der Waals surface area contributed by atoms with Gasteiger partial charge in [0.2, 0.25) is 11.8 Å². The number of esters is 1. The number of amidine groups is 1. The van der Waals surface area contributed by atoms with Crippen LogP contribution in [0, 0.1) is 0 Å². The summed E-state index contributed by atoms with van der Waals surface area (Å²) in [5, 5.41) is 5.96. The normalized spacial score (nSPS) is 20.0. The summed E-state index contributed by atoms with van der Waals surface area (Å²) in [4.78, 5) is 32.3. The average molecular weight is 368 g/mol. The van der Waals surface area contributed by atoms with Crippen molar-refractivity contribution in [3.8, 4) is 0 Å². The Morgan fingerprint density at radius 3 is 2.50 bits per heavy atom. The molecule has 0 fully saturated rings. The first-order valence-electron chi connectivity index (χ1n) is 7.77. The van der Waals surface area contributed by atoms with Crippen LogP contribution in [0.5, 0.6) is 0 Å². The van der Waals surface area contributed by atoms with E-state index in [1.807, 2.05) is 36.6 Å². The summed E-state index contributed by atoms with van der Waals surface area (Å²) in [7, 11) is 0. The van der Waals surface area contributed by atoms with E-state index in [-0.39, 0.29) is 17.5 Å². The van der Waals surface area contributed by atoms with E-state index >= 15 is 0 Å². The minimum absolute atomic E-state index is 0.180. The van der Waals surface area contributed by atoms with Crippen LogP contribution in [-0.4, -0.2) is 39.9 Å². The number of aliphatic imine (C=N–C) groups is 2. The Labute approximate surface area is 154 Å². The molecule has 0 aromatic heterocycles. The van der Waals surface area contributed by atoms with Gasteiger partial charge in [-0.1, -0.05) is 30.0 Å². The Morgan fingerprint density at radius 2 is 1.85 bits per heavy atom. The number of rotatable bonds is 2. The highest BCUT2D eigenvalue weighted by molar-refractivity contribution is 8.13. The molecule has 2 heterocycles. The predicted molar refractivity (Wildman–Crippen MR) is 102 cm³/mol. The summed E-state index contributed by atoms with van der Waals surface area (Å²) in [6.07, 6.45) is 4.99. The molecule has 1 aromatic carbocycles. The molecule has 0 radical (unpaired) electrons. The van der Waals surface area contributed by atoms with Gasteiger partial charge in [-0.05, 0) is 37.5 Å². The molecule has 0 atom stereocenters. The molecule has 0 spiro atoms. The molecular weight excluding hydrogens is 352 g/mol. The van der Waals surface area contributed by atoms with Crippen LogP contribution < -0.4 is 0 Å². The number of nitrogens with zero attached hydrogens (tertiary/aromatic N) is 4. The van der Waals surface area contributed by atoms with Gasteiger partial charge in [0.25, 0.3) is 0 Å². The highest BCUT2D eigenvalue weighted by Crippen LogP contribution is 2.20. The summed E-state index contributed by atoms with van der Waals surface area (Å²) in [6, 6.07) is 9.19. The zero-order valence-corrected chi connectivity index (χ0v) is 15.3. The Morgan fingerprint density at radius 1 is 1.15 bits per heavy atom. The first kappa shape index (κ1) is 17.8. The summed E-state index contributed by atoms with van der Waals surface area (Å²) < 4.78 is 5.21. The molecule has 132 valence electrons. The zero-order valence-electron chi connectivity index (χ0n) is 14.5. The van der Waals surface area contributed by atoms with Crippen molar-refractivity contribution in [1.29, 1.82) is 0 Å². The van der Waals surface area contributed by atoms with E-state index in [0.717, 1.165) is 5.56 Å². The summed E-state index contributed by atoms with van der Waals surface area (Å²) >= 11 is 1.31. The predicted octanol–water partition coefficient (Wildman–Crippen LogP) is 2.71. The maximum Gasteiger partial charge on any atom is 0.363 e. The number of hydrazone groups is 1. The molecular formula is C18H16N4O3S. The third-order valence-corrected chi connectivity index (χ3v) is 4.17. The number of amides is 1. The summed E-state index contributed by atoms with van der Waals surface area (Å²) in [5.41, 5.74) is 2.02. The Hall–Kier alpha value is -3.00. The number of allylic oxidation sites excluding steroid dienone is 3. The van der Waals surface area contributed by atoms with Gasteiger partial charge >= 0.3 is 5.97 Å². The van der Waals surface area contributed by atoms with Crippen LogP contribution in [-0.2, 0) is 14.3 Å². The molecule has 1 aromatic rings. The van der Waals surface area contributed by atoms with Crippen molar-refractivity contribution < 1.29 is 14.3 Å². The van der Waals surface area contributed by atoms with E-state index in [2.05, 4.69) is 15.1 Å². The van der Waals surface area contributed by atoms with Gasteiger partial charge in [-0.15, -0.1) is 0 Å². The second kappa shape index (κ2) is 7.49. The third kappa shape index (κ3) is 3.65. The van der Waals surface area contributed by atoms with Crippen LogP contribution in [0.1, 0.15) is 19.4 Å². The fourth-order valence-electron chi connectivity index (χ4n) is 2.26. The quantitative estimate of drug-likeness (QED) is 0.593. The maximum atomic E-state index is 12.0. The number of carbonyl (C=O) groups is 2. The molecule has 2 aliphatic rings. The van der Waals surface area contributed by atoms with Gasteiger partial charge in [0.05, 0.1) is 11.4 Å². The topological polar surface area (TPSA) is 83.7 Å². The number of hydrogen-bond donors (Lipinski definition) is 0. The Kier molecular flexibility index (Phi) is 5.13. The molecule has 0 N–H and O–H groups in total. The molecule has 0 saturated carbocycles. The SMILES string of the molecule is CSC1=N/C(=C\C=C2\N=C(c3ccccc3)OC2=O)C(C)=NN1C(C)=O. The van der Waals surface area contributed by atoms with E-state index < -0.39 is 5.97 Å². The van der Waals surface area contributed by atoms with Crippen molar-refractivity contribution in [2.45, 2.75) is 13.8 Å². The first-order valence-corrected chi connectivity index (χ1v) is 8.99. The highest BCUT2D eigenvalue weighted by Gasteiger charge is 2.24. The van der Waals surface area contributed by atoms with Crippen molar-refractivity contribution in [1.82, 2.24) is 5.01 Å². The molecule has 1 amide bonds. The largest absolute Gasteiger partial charge is 0.402 e. The van der Waals surface area contributed by atoms with Gasteiger partial charge in [0, 0.05) is 12.5 Å². The third-order valence-electron chi connectivity index (χ3n) is 3.54. The smallest absolute Gasteiger partial charge is 0.363 e. The van der Waals surface area contributed by atoms with E-state index in [0.29, 0.717) is 16.6 Å². The van der Waals surface area contributed by atoms with Crippen molar-refractivity contribution in [3.63, 3.8) is 0 Å². The Bertz CT molecular complexity index is 914. The van der Waals surface area contributed by atoms with E-state index in [1.165, 1.54) is 29.8 Å². The van der Waals surface area contributed by atoms with Crippen LogP contribution in [0.25, 0.3) is 0 Å². The minimum Gasteiger partial charge on any atom is -0.402 e. The lowest BCUT2D eigenvalue weighted by Crippen LogP contribution is -2.32. The van der Waals surface area contributed by atoms with Crippen LogP contribution >= 0.6 is 11.8 Å². The lowest BCUT2D eigenvalue weighted by molar-refractivity contribution is -0.130. The maximum absolute atomic E-state index is 12.0. The van der Waals surface area contributed by atoms with Crippen molar-refractivity contribution >= 4 is 40.4 Å². The van der Waals surface area contributed by atoms with Crippen molar-refractivity contribution in [2.24, 2.45) is 15.1 Å². The van der Waals surface area contributed by atoms with Gasteiger partial charge in [-0.2, -0.15) is 10.1 Å². The molecule has 0 aliphatic carbocycles. The standard InChI is InChI=1S/C18H16N4O3S/c1-11-14(20-18(26-3)22(21-11)12(2)23)9-10-15-17(24)25-16(19-15)13-7-5-4-6-8-13/h4-10H,1-3H3/b14-9-,15-10+. The second-order valence-electron chi connectivity index (χ2n) is 5.39. The van der Waals surface area contributed by atoms with Gasteiger partial charge < -0.3 is 4.74 Å². The van der Waals surface area contributed by atoms with Gasteiger partial charge in [-0.3, -0.25) is 4.79 Å². The molecule has 7 nitrogen and oxygen atoms in total. The molecule has 0 unspecified atom stereocenters. The highest BCUT2D eigenvalue weighted by atomic mass is 32.2.